The summed E-state index contributed by atoms with van der Waals surface area (Å²) < 4.78 is 13.3. The first-order valence-electron chi connectivity index (χ1n) is 4.14. The van der Waals surface area contributed by atoms with Crippen molar-refractivity contribution in [3.05, 3.63) is 35.1 Å². The van der Waals surface area contributed by atoms with Crippen LogP contribution in [0, 0.1) is 5.82 Å². The molecule has 0 bridgehead atoms. The van der Waals surface area contributed by atoms with Crippen molar-refractivity contribution in [2.24, 2.45) is 0 Å². The summed E-state index contributed by atoms with van der Waals surface area (Å²) in [5, 5.41) is 3.26. The van der Waals surface area contributed by atoms with E-state index in [9.17, 15) is 4.39 Å². The summed E-state index contributed by atoms with van der Waals surface area (Å²) >= 11 is 0. The van der Waals surface area contributed by atoms with Gasteiger partial charge in [0.2, 0.25) is 0 Å². The molecule has 1 aromatic carbocycles. The minimum atomic E-state index is -0.208. The molecule has 1 N–H and O–H groups in total. The van der Waals surface area contributed by atoms with Crippen LogP contribution in [-0.2, 0) is 12.1 Å². The first-order valence-corrected chi connectivity index (χ1v) is 4.14. The van der Waals surface area contributed by atoms with E-state index >= 15 is 0 Å². The Labute approximate surface area is 71.6 Å². The van der Waals surface area contributed by atoms with Crippen molar-refractivity contribution in [3.8, 4) is 0 Å². The van der Waals surface area contributed by atoms with Crippen LogP contribution < -0.4 is 5.32 Å². The maximum absolute atomic E-state index is 13.3. The summed E-state index contributed by atoms with van der Waals surface area (Å²) in [6.07, 6.45) is 0. The highest BCUT2D eigenvalue weighted by molar-refractivity contribution is 5.37. The number of halogens is 1. The van der Waals surface area contributed by atoms with Gasteiger partial charge in [-0.1, -0.05) is 12.1 Å². The monoisotopic (exact) mass is 165 g/mol. The van der Waals surface area contributed by atoms with Crippen LogP contribution in [0.25, 0.3) is 0 Å². The van der Waals surface area contributed by atoms with Gasteiger partial charge in [-0.15, -0.1) is 0 Å². The average molecular weight is 165 g/mol. The topological polar surface area (TPSA) is 12.0 Å². The largest absolute Gasteiger partial charge is 0.304 e. The Morgan fingerprint density at radius 2 is 2.17 bits per heavy atom. The molecule has 0 fully saturated rings. The highest BCUT2D eigenvalue weighted by atomic mass is 19.1. The van der Waals surface area contributed by atoms with Gasteiger partial charge in [-0.3, -0.25) is 0 Å². The number of hydrogen-bond acceptors (Lipinski definition) is 1. The van der Waals surface area contributed by atoms with E-state index in [0.717, 1.165) is 17.7 Å². The van der Waals surface area contributed by atoms with Crippen molar-refractivity contribution in [2.75, 3.05) is 0 Å². The highest BCUT2D eigenvalue weighted by Crippen LogP contribution is 2.32. The van der Waals surface area contributed by atoms with Crippen LogP contribution in [0.1, 0.15) is 25.0 Å². The maximum atomic E-state index is 13.3. The fourth-order valence-electron chi connectivity index (χ4n) is 1.82. The Balaban J connectivity index is 2.64. The lowest BCUT2D eigenvalue weighted by Gasteiger charge is -2.19. The van der Waals surface area contributed by atoms with Gasteiger partial charge in [-0.25, -0.2) is 4.39 Å². The van der Waals surface area contributed by atoms with Crippen LogP contribution in [0.15, 0.2) is 18.2 Å². The van der Waals surface area contributed by atoms with Crippen molar-refractivity contribution in [1.29, 1.82) is 0 Å². The summed E-state index contributed by atoms with van der Waals surface area (Å²) in [5.41, 5.74) is 1.70. The number of rotatable bonds is 0. The Kier molecular flexibility index (Phi) is 1.48. The molecule has 1 nitrogen and oxygen atoms in total. The van der Waals surface area contributed by atoms with Gasteiger partial charge in [0.1, 0.15) is 5.82 Å². The second-order valence-corrected chi connectivity index (χ2v) is 3.75. The lowest BCUT2D eigenvalue weighted by atomic mass is 9.94. The van der Waals surface area contributed by atoms with Crippen LogP contribution >= 0.6 is 0 Å². The average Bonchev–Trinajstić information content (AvgIpc) is 2.29. The molecule has 0 aromatic heterocycles. The van der Waals surface area contributed by atoms with Gasteiger partial charge in [0.05, 0.1) is 0 Å². The van der Waals surface area contributed by atoms with Gasteiger partial charge in [0.25, 0.3) is 0 Å². The SMILES string of the molecule is CC1(C)NCc2cccc(F)c21. The number of fused-ring (bicyclic) bond motifs is 1. The van der Waals surface area contributed by atoms with E-state index in [4.69, 9.17) is 0 Å². The molecule has 0 saturated heterocycles. The van der Waals surface area contributed by atoms with Crippen molar-refractivity contribution >= 4 is 0 Å². The normalized spacial score (nSPS) is 19.2. The Morgan fingerprint density at radius 3 is 2.83 bits per heavy atom. The molecule has 1 heterocycles. The third kappa shape index (κ3) is 0.950. The van der Waals surface area contributed by atoms with Crippen LogP contribution in [0.2, 0.25) is 0 Å². The van der Waals surface area contributed by atoms with Gasteiger partial charge in [-0.05, 0) is 25.5 Å². The fraction of sp³-hybridized carbons (Fsp3) is 0.400. The summed E-state index contributed by atoms with van der Waals surface area (Å²) in [4.78, 5) is 0. The standard InChI is InChI=1S/C10H12FN/c1-10(2)9-7(6-12-10)4-3-5-8(9)11/h3-5,12H,6H2,1-2H3. The van der Waals surface area contributed by atoms with Crippen molar-refractivity contribution in [3.63, 3.8) is 0 Å². The molecule has 0 unspecified atom stereocenters. The summed E-state index contributed by atoms with van der Waals surface area (Å²) in [6, 6.07) is 5.25. The van der Waals surface area contributed by atoms with Gasteiger partial charge >= 0.3 is 0 Å². The lowest BCUT2D eigenvalue weighted by Crippen LogP contribution is -2.29. The first kappa shape index (κ1) is 7.74. The summed E-state index contributed by atoms with van der Waals surface area (Å²) in [6.45, 7) is 4.78. The second-order valence-electron chi connectivity index (χ2n) is 3.75. The summed E-state index contributed by atoms with van der Waals surface area (Å²) in [7, 11) is 0. The van der Waals surface area contributed by atoms with E-state index in [2.05, 4.69) is 5.32 Å². The zero-order valence-corrected chi connectivity index (χ0v) is 7.32. The molecule has 0 aliphatic carbocycles. The molecule has 64 valence electrons. The molecule has 2 rings (SSSR count). The van der Waals surface area contributed by atoms with Crippen molar-refractivity contribution < 1.29 is 4.39 Å². The van der Waals surface area contributed by atoms with Gasteiger partial charge in [0, 0.05) is 17.6 Å². The van der Waals surface area contributed by atoms with Gasteiger partial charge in [-0.2, -0.15) is 0 Å². The number of hydrogen-bond donors (Lipinski definition) is 1. The van der Waals surface area contributed by atoms with E-state index in [1.54, 1.807) is 6.07 Å². The number of nitrogens with one attached hydrogen (secondary N) is 1. The van der Waals surface area contributed by atoms with E-state index in [-0.39, 0.29) is 11.4 Å². The van der Waals surface area contributed by atoms with E-state index < -0.39 is 0 Å². The second kappa shape index (κ2) is 2.30. The molecule has 0 spiro atoms. The van der Waals surface area contributed by atoms with Crippen LogP contribution in [0.4, 0.5) is 4.39 Å². The first-order chi connectivity index (χ1) is 5.61. The molecule has 2 heteroatoms. The minimum absolute atomic E-state index is 0.0949. The molecule has 0 atom stereocenters. The molecule has 0 amide bonds. The van der Waals surface area contributed by atoms with E-state index in [1.165, 1.54) is 6.07 Å². The molecule has 1 aromatic rings. The van der Waals surface area contributed by atoms with Crippen LogP contribution in [-0.4, -0.2) is 0 Å². The fourth-order valence-corrected chi connectivity index (χ4v) is 1.82. The molecule has 0 saturated carbocycles. The van der Waals surface area contributed by atoms with Crippen molar-refractivity contribution in [2.45, 2.75) is 25.9 Å². The predicted octanol–water partition coefficient (Wildman–Crippen LogP) is 2.16. The molecule has 1 aliphatic rings. The minimum Gasteiger partial charge on any atom is -0.304 e. The molecule has 12 heavy (non-hydrogen) atoms. The highest BCUT2D eigenvalue weighted by Gasteiger charge is 2.31. The molecular formula is C10H12FN. The van der Waals surface area contributed by atoms with E-state index in [0.29, 0.717) is 0 Å². The van der Waals surface area contributed by atoms with E-state index in [1.807, 2.05) is 19.9 Å². The third-order valence-corrected chi connectivity index (χ3v) is 2.45. The zero-order valence-electron chi connectivity index (χ0n) is 7.32. The van der Waals surface area contributed by atoms with Gasteiger partial charge < -0.3 is 5.32 Å². The van der Waals surface area contributed by atoms with Crippen molar-refractivity contribution in [1.82, 2.24) is 5.32 Å². The zero-order chi connectivity index (χ0) is 8.77. The summed E-state index contributed by atoms with van der Waals surface area (Å²) in [5.74, 6) is -0.0949. The lowest BCUT2D eigenvalue weighted by molar-refractivity contribution is 0.424. The Morgan fingerprint density at radius 1 is 1.42 bits per heavy atom. The molecule has 0 radical (unpaired) electrons. The Hall–Kier alpha value is -0.890. The molecule has 1 aliphatic heterocycles. The quantitative estimate of drug-likeness (QED) is 0.621. The van der Waals surface area contributed by atoms with Gasteiger partial charge in [0.15, 0.2) is 0 Å². The molecular weight excluding hydrogens is 153 g/mol. The smallest absolute Gasteiger partial charge is 0.128 e. The number of benzene rings is 1. The van der Waals surface area contributed by atoms with Crippen LogP contribution in [0.3, 0.4) is 0 Å². The maximum Gasteiger partial charge on any atom is 0.128 e. The third-order valence-electron chi connectivity index (χ3n) is 2.45. The van der Waals surface area contributed by atoms with Crippen LogP contribution in [0.5, 0.6) is 0 Å². The Bertz CT molecular complexity index is 318. The predicted molar refractivity (Wildman–Crippen MR) is 46.3 cm³/mol.